The van der Waals surface area contributed by atoms with E-state index in [1.54, 1.807) is 44.4 Å². The zero-order valence-electron chi connectivity index (χ0n) is 15.9. The first-order valence-corrected chi connectivity index (χ1v) is 9.02. The molecule has 148 valence electrons. The molecule has 0 bridgehead atoms. The van der Waals surface area contributed by atoms with Crippen molar-refractivity contribution in [1.82, 2.24) is 4.90 Å². The first-order chi connectivity index (χ1) is 13.2. The largest absolute Gasteiger partial charge is 0.497 e. The number of esters is 1. The minimum absolute atomic E-state index is 0.0476. The van der Waals surface area contributed by atoms with Gasteiger partial charge in [0.15, 0.2) is 0 Å². The number of nitro groups is 1. The van der Waals surface area contributed by atoms with Gasteiger partial charge in [0.2, 0.25) is 0 Å². The normalized spacial score (nSPS) is 10.3. The summed E-state index contributed by atoms with van der Waals surface area (Å²) in [5, 5.41) is 11.5. The van der Waals surface area contributed by atoms with E-state index in [-0.39, 0.29) is 18.2 Å². The van der Waals surface area contributed by atoms with Crippen molar-refractivity contribution < 1.29 is 24.0 Å². The second-order valence-electron chi connectivity index (χ2n) is 6.00. The molecule has 0 fully saturated rings. The van der Waals surface area contributed by atoms with Crippen molar-refractivity contribution in [3.05, 3.63) is 57.6 Å². The summed E-state index contributed by atoms with van der Waals surface area (Å²) in [6, 6.07) is 9.57. The summed E-state index contributed by atoms with van der Waals surface area (Å²) in [5.41, 5.74) is 0.756. The van der Waals surface area contributed by atoms with Crippen molar-refractivity contribution >= 4 is 29.3 Å². The predicted octanol–water partition coefficient (Wildman–Crippen LogP) is 3.52. The van der Waals surface area contributed by atoms with Gasteiger partial charge in [-0.05, 0) is 29.8 Å². The summed E-state index contributed by atoms with van der Waals surface area (Å²) in [7, 11) is 4.75. The van der Waals surface area contributed by atoms with Gasteiger partial charge in [-0.3, -0.25) is 19.7 Å². The summed E-state index contributed by atoms with van der Waals surface area (Å²) in [4.78, 5) is 36.8. The Morgan fingerprint density at radius 2 is 1.82 bits per heavy atom. The Bertz CT molecular complexity index is 913. The zero-order chi connectivity index (χ0) is 20.8. The van der Waals surface area contributed by atoms with Crippen LogP contribution in [0.4, 0.5) is 5.69 Å². The molecule has 0 aromatic heterocycles. The highest BCUT2D eigenvalue weighted by atomic mass is 32.2. The SMILES string of the molecule is COc1ccc(Sc2ccc(COC(C)=O)cc2[N+](=O)[O-])c(C(=O)N(C)C)c1. The molecular weight excluding hydrogens is 384 g/mol. The van der Waals surface area contributed by atoms with Crippen molar-refractivity contribution in [2.75, 3.05) is 21.2 Å². The quantitative estimate of drug-likeness (QED) is 0.395. The highest BCUT2D eigenvalue weighted by Gasteiger charge is 2.21. The number of ether oxygens (including phenoxy) is 2. The van der Waals surface area contributed by atoms with E-state index >= 15 is 0 Å². The first-order valence-electron chi connectivity index (χ1n) is 8.21. The number of rotatable bonds is 7. The zero-order valence-corrected chi connectivity index (χ0v) is 16.7. The van der Waals surface area contributed by atoms with Crippen molar-refractivity contribution in [2.45, 2.75) is 23.3 Å². The first kappa shape index (κ1) is 21.2. The lowest BCUT2D eigenvalue weighted by Crippen LogP contribution is -2.22. The molecule has 1 amide bonds. The Morgan fingerprint density at radius 3 is 2.39 bits per heavy atom. The molecule has 0 N–H and O–H groups in total. The fraction of sp³-hybridized carbons (Fsp3) is 0.263. The lowest BCUT2D eigenvalue weighted by Gasteiger charge is -2.15. The molecule has 2 aromatic carbocycles. The fourth-order valence-corrected chi connectivity index (χ4v) is 3.32. The summed E-state index contributed by atoms with van der Waals surface area (Å²) < 4.78 is 10.1. The highest BCUT2D eigenvalue weighted by Crippen LogP contribution is 2.38. The Kier molecular flexibility index (Phi) is 7.00. The van der Waals surface area contributed by atoms with E-state index in [1.165, 1.54) is 25.0 Å². The number of hydrogen-bond donors (Lipinski definition) is 0. The van der Waals surface area contributed by atoms with E-state index in [2.05, 4.69) is 0 Å². The van der Waals surface area contributed by atoms with Crippen LogP contribution in [-0.2, 0) is 16.1 Å². The molecule has 9 heteroatoms. The van der Waals surface area contributed by atoms with Crippen molar-refractivity contribution in [3.8, 4) is 5.75 Å². The third-order valence-corrected chi connectivity index (χ3v) is 4.85. The van der Waals surface area contributed by atoms with Crippen LogP contribution in [0.15, 0.2) is 46.2 Å². The molecule has 2 rings (SSSR count). The number of amides is 1. The average molecular weight is 404 g/mol. The molecule has 0 aliphatic heterocycles. The molecule has 0 aliphatic carbocycles. The van der Waals surface area contributed by atoms with Crippen LogP contribution in [0.5, 0.6) is 5.75 Å². The molecule has 0 aliphatic rings. The molecule has 0 atom stereocenters. The van der Waals surface area contributed by atoms with Gasteiger partial charge >= 0.3 is 5.97 Å². The van der Waals surface area contributed by atoms with Crippen LogP contribution in [0.25, 0.3) is 0 Å². The van der Waals surface area contributed by atoms with E-state index < -0.39 is 10.9 Å². The monoisotopic (exact) mass is 404 g/mol. The fourth-order valence-electron chi connectivity index (χ4n) is 2.32. The van der Waals surface area contributed by atoms with Crippen LogP contribution in [0, 0.1) is 10.1 Å². The maximum absolute atomic E-state index is 12.5. The second kappa shape index (κ2) is 9.23. The average Bonchev–Trinajstić information content (AvgIpc) is 2.66. The number of carbonyl (C=O) groups excluding carboxylic acids is 2. The van der Waals surface area contributed by atoms with Gasteiger partial charge in [-0.25, -0.2) is 0 Å². The molecular formula is C19H20N2O6S. The number of nitro benzene ring substituents is 1. The van der Waals surface area contributed by atoms with Gasteiger partial charge in [0.1, 0.15) is 12.4 Å². The van der Waals surface area contributed by atoms with E-state index in [1.807, 2.05) is 0 Å². The van der Waals surface area contributed by atoms with Gasteiger partial charge < -0.3 is 14.4 Å². The molecule has 0 spiro atoms. The number of hydrogen-bond acceptors (Lipinski definition) is 7. The van der Waals surface area contributed by atoms with Gasteiger partial charge in [-0.15, -0.1) is 0 Å². The van der Waals surface area contributed by atoms with Gasteiger partial charge in [0.05, 0.1) is 22.5 Å². The smallest absolute Gasteiger partial charge is 0.302 e. The van der Waals surface area contributed by atoms with Gasteiger partial charge in [0.25, 0.3) is 11.6 Å². The van der Waals surface area contributed by atoms with E-state index in [9.17, 15) is 19.7 Å². The molecule has 0 saturated carbocycles. The number of carbonyl (C=O) groups is 2. The maximum Gasteiger partial charge on any atom is 0.302 e. The molecule has 2 aromatic rings. The summed E-state index contributed by atoms with van der Waals surface area (Å²) >= 11 is 1.11. The van der Waals surface area contributed by atoms with Crippen molar-refractivity contribution in [3.63, 3.8) is 0 Å². The van der Waals surface area contributed by atoms with Crippen LogP contribution in [-0.4, -0.2) is 42.9 Å². The number of methoxy groups -OCH3 is 1. The summed E-state index contributed by atoms with van der Waals surface area (Å²) in [6.45, 7) is 1.22. The Hall–Kier alpha value is -3.07. The van der Waals surface area contributed by atoms with Crippen LogP contribution in [0.1, 0.15) is 22.8 Å². The minimum Gasteiger partial charge on any atom is -0.497 e. The van der Waals surface area contributed by atoms with Crippen LogP contribution >= 0.6 is 11.8 Å². The predicted molar refractivity (Wildman–Crippen MR) is 104 cm³/mol. The van der Waals surface area contributed by atoms with Crippen LogP contribution in [0.2, 0.25) is 0 Å². The molecule has 28 heavy (non-hydrogen) atoms. The Morgan fingerprint density at radius 1 is 1.14 bits per heavy atom. The van der Waals surface area contributed by atoms with Gasteiger partial charge in [-0.1, -0.05) is 17.8 Å². The van der Waals surface area contributed by atoms with Gasteiger partial charge in [0, 0.05) is 32.0 Å². The summed E-state index contributed by atoms with van der Waals surface area (Å²) in [5.74, 6) is -0.192. The van der Waals surface area contributed by atoms with Crippen LogP contribution < -0.4 is 4.74 Å². The van der Waals surface area contributed by atoms with E-state index in [4.69, 9.17) is 9.47 Å². The Labute approximate surface area is 166 Å². The van der Waals surface area contributed by atoms with Crippen molar-refractivity contribution in [2.24, 2.45) is 0 Å². The summed E-state index contributed by atoms with van der Waals surface area (Å²) in [6.07, 6.45) is 0. The molecule has 0 unspecified atom stereocenters. The molecule has 0 heterocycles. The van der Waals surface area contributed by atoms with Gasteiger partial charge in [-0.2, -0.15) is 0 Å². The Balaban J connectivity index is 2.43. The third-order valence-electron chi connectivity index (χ3n) is 3.71. The number of nitrogens with zero attached hydrogens (tertiary/aromatic N) is 2. The topological polar surface area (TPSA) is 99.0 Å². The van der Waals surface area contributed by atoms with Crippen LogP contribution in [0.3, 0.4) is 0 Å². The highest BCUT2D eigenvalue weighted by molar-refractivity contribution is 7.99. The third kappa shape index (κ3) is 5.23. The van der Waals surface area contributed by atoms with E-state index in [0.29, 0.717) is 26.7 Å². The van der Waals surface area contributed by atoms with E-state index in [0.717, 1.165) is 11.8 Å². The molecule has 0 saturated heterocycles. The lowest BCUT2D eigenvalue weighted by molar-refractivity contribution is -0.387. The molecule has 0 radical (unpaired) electrons. The number of benzene rings is 2. The minimum atomic E-state index is -0.503. The maximum atomic E-state index is 12.5. The lowest BCUT2D eigenvalue weighted by atomic mass is 10.2. The second-order valence-corrected chi connectivity index (χ2v) is 7.09. The molecule has 8 nitrogen and oxygen atoms in total. The standard InChI is InChI=1S/C19H20N2O6S/c1-12(22)27-11-13-5-7-18(16(9-13)21(24)25)28-17-8-6-14(26-4)10-15(17)19(23)20(2)3/h5-10H,11H2,1-4H3. The van der Waals surface area contributed by atoms with Crippen molar-refractivity contribution in [1.29, 1.82) is 0 Å².